The summed E-state index contributed by atoms with van der Waals surface area (Å²) >= 11 is -0.0483. The molecule has 0 aliphatic rings. The number of rotatable bonds is 2. The van der Waals surface area contributed by atoms with E-state index in [1.54, 1.807) is 7.14 Å². The molecular weight excluding hydrogens is 399 g/mol. The van der Waals surface area contributed by atoms with Crippen molar-refractivity contribution in [1.82, 2.24) is 0 Å². The molecule has 0 aromatic heterocycles. The second-order valence-corrected chi connectivity index (χ2v) is 7.46. The Hall–Kier alpha value is -0.350. The van der Waals surface area contributed by atoms with Crippen LogP contribution in [0.15, 0.2) is 36.4 Å². The van der Waals surface area contributed by atoms with E-state index in [4.69, 9.17) is 0 Å². The Morgan fingerprint density at radius 2 is 1.06 bits per heavy atom. The minimum Gasteiger partial charge on any atom is -1.00 e. The Balaban J connectivity index is 0.00000162. The first-order chi connectivity index (χ1) is 8.06. The van der Waals surface area contributed by atoms with Gasteiger partial charge < -0.3 is 17.0 Å². The van der Waals surface area contributed by atoms with Gasteiger partial charge in [0.15, 0.2) is 7.14 Å². The smallest absolute Gasteiger partial charge is 0.358 e. The average molecular weight is 417 g/mol. The van der Waals surface area contributed by atoms with E-state index in [2.05, 4.69) is 64.1 Å². The fourth-order valence-corrected chi connectivity index (χ4v) is 4.84. The zero-order valence-corrected chi connectivity index (χ0v) is 15.0. The largest absolute Gasteiger partial charge is 1.00 e. The van der Waals surface area contributed by atoms with E-state index >= 15 is 0 Å². The summed E-state index contributed by atoms with van der Waals surface area (Å²) in [5.41, 5.74) is 5.61. The molecule has 0 heterocycles. The Morgan fingerprint density at radius 1 is 0.667 bits per heavy atom. The zero-order valence-electron chi connectivity index (χ0n) is 11.2. The lowest BCUT2D eigenvalue weighted by molar-refractivity contribution is -0.598. The Kier molecular flexibility index (Phi) is 5.86. The molecule has 0 spiro atoms. The summed E-state index contributed by atoms with van der Waals surface area (Å²) in [6, 6.07) is 13.6. The van der Waals surface area contributed by atoms with Crippen molar-refractivity contribution in [1.29, 1.82) is 0 Å². The minimum atomic E-state index is -0.0483. The highest BCUT2D eigenvalue weighted by molar-refractivity contribution is 5.22. The van der Waals surface area contributed by atoms with Crippen LogP contribution in [0.3, 0.4) is 0 Å². The summed E-state index contributed by atoms with van der Waals surface area (Å²) in [6.45, 7) is 8.80. The molecule has 0 saturated heterocycles. The van der Waals surface area contributed by atoms with Crippen molar-refractivity contribution in [3.63, 3.8) is 0 Å². The van der Waals surface area contributed by atoms with Crippen LogP contribution in [-0.2, 0) is 0 Å². The van der Waals surface area contributed by atoms with Gasteiger partial charge in [0.1, 0.15) is 0 Å². The molecule has 0 unspecified atom stereocenters. The number of aryl methyl sites for hydroxylation is 4. The lowest BCUT2D eigenvalue weighted by Gasteiger charge is -1.98. The lowest BCUT2D eigenvalue weighted by Crippen LogP contribution is -3.62. The van der Waals surface area contributed by atoms with Crippen LogP contribution in [0, 0.1) is 34.8 Å². The minimum absolute atomic E-state index is 0. The molecule has 2 heteroatoms. The van der Waals surface area contributed by atoms with Crippen LogP contribution in [-0.4, -0.2) is 0 Å². The standard InChI is InChI=1S/C16H18I.BrH/c1-11-5-7-13(3)15(9-11)17-16-10-12(2)6-8-14(16)4;/h5-10H,1-4H3;1H/q+1;/p-1. The highest BCUT2D eigenvalue weighted by atomic mass is 127. The molecule has 0 bridgehead atoms. The van der Waals surface area contributed by atoms with Crippen molar-refractivity contribution in [2.45, 2.75) is 27.7 Å². The van der Waals surface area contributed by atoms with Crippen LogP contribution in [0.25, 0.3) is 0 Å². The van der Waals surface area contributed by atoms with E-state index in [1.165, 1.54) is 22.3 Å². The predicted molar refractivity (Wildman–Crippen MR) is 69.2 cm³/mol. The molecule has 0 aliphatic carbocycles. The second kappa shape index (κ2) is 6.71. The van der Waals surface area contributed by atoms with Gasteiger partial charge in [-0.15, -0.1) is 0 Å². The summed E-state index contributed by atoms with van der Waals surface area (Å²) < 4.78 is 3.11. The molecule has 0 aliphatic heterocycles. The summed E-state index contributed by atoms with van der Waals surface area (Å²) in [5, 5.41) is 0. The molecular formula is C16H18BrI. The van der Waals surface area contributed by atoms with E-state index in [0.717, 1.165) is 0 Å². The first kappa shape index (κ1) is 15.7. The topological polar surface area (TPSA) is 0 Å². The van der Waals surface area contributed by atoms with Gasteiger partial charge in [0.05, 0.1) is 0 Å². The Morgan fingerprint density at radius 3 is 1.44 bits per heavy atom. The van der Waals surface area contributed by atoms with Crippen molar-refractivity contribution >= 4 is 0 Å². The predicted octanol–water partition coefficient (Wildman–Crippen LogP) is -1.95. The maximum atomic E-state index is 2.35. The van der Waals surface area contributed by atoms with Crippen LogP contribution in [0.4, 0.5) is 0 Å². The third kappa shape index (κ3) is 3.82. The van der Waals surface area contributed by atoms with Gasteiger partial charge in [0.25, 0.3) is 0 Å². The van der Waals surface area contributed by atoms with Crippen molar-refractivity contribution in [2.24, 2.45) is 0 Å². The van der Waals surface area contributed by atoms with Gasteiger partial charge >= 0.3 is 21.2 Å². The van der Waals surface area contributed by atoms with Gasteiger partial charge in [0.2, 0.25) is 0 Å². The fraction of sp³-hybridized carbons (Fsp3) is 0.250. The van der Waals surface area contributed by atoms with Crippen molar-refractivity contribution in [3.05, 3.63) is 65.8 Å². The SMILES string of the molecule is Cc1ccc(C)c([I+]c2cc(C)ccc2C)c1.[Br-]. The van der Waals surface area contributed by atoms with Crippen LogP contribution >= 0.6 is 0 Å². The fourth-order valence-electron chi connectivity index (χ4n) is 1.71. The molecule has 2 aromatic carbocycles. The van der Waals surface area contributed by atoms with Crippen LogP contribution in [0.2, 0.25) is 0 Å². The normalized spacial score (nSPS) is 10.0. The third-order valence-electron chi connectivity index (χ3n) is 2.86. The molecule has 0 amide bonds. The van der Waals surface area contributed by atoms with Crippen LogP contribution in [0.5, 0.6) is 0 Å². The number of hydrogen-bond acceptors (Lipinski definition) is 0. The first-order valence-electron chi connectivity index (χ1n) is 5.85. The number of hydrogen-bond donors (Lipinski definition) is 0. The maximum Gasteiger partial charge on any atom is 0.358 e. The quantitative estimate of drug-likeness (QED) is 0.499. The molecule has 96 valence electrons. The molecule has 0 nitrogen and oxygen atoms in total. The average Bonchev–Trinajstić information content (AvgIpc) is 2.28. The zero-order chi connectivity index (χ0) is 12.4. The third-order valence-corrected chi connectivity index (χ3v) is 6.34. The molecule has 0 fully saturated rings. The maximum absolute atomic E-state index is 2.35. The van der Waals surface area contributed by atoms with Gasteiger partial charge in [-0.3, -0.25) is 0 Å². The summed E-state index contributed by atoms with van der Waals surface area (Å²) in [7, 11) is 0. The lowest BCUT2D eigenvalue weighted by atomic mass is 10.2. The Labute approximate surface area is 131 Å². The van der Waals surface area contributed by atoms with E-state index in [1.807, 2.05) is 0 Å². The van der Waals surface area contributed by atoms with Gasteiger partial charge in [-0.05, 0) is 51.0 Å². The van der Waals surface area contributed by atoms with E-state index in [0.29, 0.717) is 0 Å². The van der Waals surface area contributed by atoms with E-state index < -0.39 is 0 Å². The molecule has 18 heavy (non-hydrogen) atoms. The van der Waals surface area contributed by atoms with E-state index in [-0.39, 0.29) is 38.2 Å². The highest BCUT2D eigenvalue weighted by Crippen LogP contribution is 2.03. The second-order valence-electron chi connectivity index (χ2n) is 4.60. The van der Waals surface area contributed by atoms with Crippen LogP contribution in [0.1, 0.15) is 22.3 Å². The molecule has 2 rings (SSSR count). The molecule has 0 saturated carbocycles. The highest BCUT2D eigenvalue weighted by Gasteiger charge is 2.20. The van der Waals surface area contributed by atoms with Crippen molar-refractivity contribution in [3.8, 4) is 0 Å². The molecule has 0 radical (unpaired) electrons. The van der Waals surface area contributed by atoms with Crippen LogP contribution < -0.4 is 38.2 Å². The van der Waals surface area contributed by atoms with Gasteiger partial charge in [0, 0.05) is 11.1 Å². The molecule has 0 N–H and O–H groups in total. The van der Waals surface area contributed by atoms with Crippen molar-refractivity contribution < 1.29 is 38.2 Å². The Bertz CT molecular complexity index is 497. The number of halogens is 2. The van der Waals surface area contributed by atoms with E-state index in [9.17, 15) is 0 Å². The summed E-state index contributed by atoms with van der Waals surface area (Å²) in [4.78, 5) is 0. The monoisotopic (exact) mass is 416 g/mol. The van der Waals surface area contributed by atoms with Gasteiger partial charge in [-0.25, -0.2) is 0 Å². The van der Waals surface area contributed by atoms with Gasteiger partial charge in [-0.1, -0.05) is 24.3 Å². The van der Waals surface area contributed by atoms with Crippen molar-refractivity contribution in [2.75, 3.05) is 0 Å². The molecule has 2 aromatic rings. The summed E-state index contributed by atoms with van der Waals surface area (Å²) in [5.74, 6) is 0. The van der Waals surface area contributed by atoms with Gasteiger partial charge in [-0.2, -0.15) is 0 Å². The number of benzene rings is 2. The summed E-state index contributed by atoms with van der Waals surface area (Å²) in [6.07, 6.45) is 0. The first-order valence-corrected chi connectivity index (χ1v) is 8.01. The molecule has 0 atom stereocenters.